The summed E-state index contributed by atoms with van der Waals surface area (Å²) in [6.45, 7) is 1.48. The first-order valence-corrected chi connectivity index (χ1v) is 9.36. The second-order valence-corrected chi connectivity index (χ2v) is 6.94. The molecule has 0 aliphatic carbocycles. The van der Waals surface area contributed by atoms with Gasteiger partial charge >= 0.3 is 0 Å². The minimum Gasteiger partial charge on any atom is -0.497 e. The highest BCUT2D eigenvalue weighted by atomic mass is 16.5. The van der Waals surface area contributed by atoms with E-state index in [9.17, 15) is 9.90 Å². The first kappa shape index (κ1) is 18.5. The molecule has 0 saturated carbocycles. The average molecular weight is 377 g/mol. The highest BCUT2D eigenvalue weighted by Crippen LogP contribution is 2.28. The number of carbonyl (C=O) groups is 1. The van der Waals surface area contributed by atoms with Crippen LogP contribution in [0.1, 0.15) is 27.6 Å². The molecule has 1 atom stereocenters. The number of aliphatic hydroxyl groups is 1. The molecule has 0 radical (unpaired) electrons. The van der Waals surface area contributed by atoms with Crippen LogP contribution in [0.3, 0.4) is 0 Å². The van der Waals surface area contributed by atoms with Crippen LogP contribution in [-0.2, 0) is 11.3 Å². The number of carbonyl (C=O) groups excluding carboxylic acids is 1. The smallest absolute Gasteiger partial charge is 0.254 e. The fraction of sp³-hybridized carbons (Fsp3) is 0.261. The first-order chi connectivity index (χ1) is 13.7. The van der Waals surface area contributed by atoms with Crippen molar-refractivity contribution in [2.75, 3.05) is 26.8 Å². The van der Waals surface area contributed by atoms with Crippen molar-refractivity contribution in [1.82, 2.24) is 4.90 Å². The molecule has 0 spiro atoms. The molecule has 0 aromatic heterocycles. The second-order valence-electron chi connectivity index (χ2n) is 6.94. The molecule has 144 valence electrons. The number of hydrogen-bond donors (Lipinski definition) is 1. The van der Waals surface area contributed by atoms with Gasteiger partial charge in [0.1, 0.15) is 11.9 Å². The van der Waals surface area contributed by atoms with Crippen molar-refractivity contribution in [3.05, 3.63) is 77.4 Å². The third kappa shape index (κ3) is 3.72. The number of amides is 1. The van der Waals surface area contributed by atoms with Crippen LogP contribution < -0.4 is 4.74 Å². The lowest BCUT2D eigenvalue weighted by Gasteiger charge is -2.33. The largest absolute Gasteiger partial charge is 0.497 e. The third-order valence-electron chi connectivity index (χ3n) is 5.15. The van der Waals surface area contributed by atoms with Gasteiger partial charge in [0.25, 0.3) is 5.91 Å². The number of morpholine rings is 1. The summed E-state index contributed by atoms with van der Waals surface area (Å²) in [4.78, 5) is 14.7. The first-order valence-electron chi connectivity index (χ1n) is 9.36. The number of hydrogen-bond acceptors (Lipinski definition) is 4. The highest BCUT2D eigenvalue weighted by molar-refractivity contribution is 5.94. The van der Waals surface area contributed by atoms with Crippen LogP contribution in [0.25, 0.3) is 10.8 Å². The molecule has 0 bridgehead atoms. The number of fused-ring (bicyclic) bond motifs is 1. The molecule has 1 aliphatic rings. The molecule has 1 amide bonds. The standard InChI is InChI=1S/C23H23NO4/c1-27-21-8-7-17-12-19(6-5-18(17)13-21)22-14-24(9-10-28-22)23(26)20-4-2-3-16(11-20)15-25/h2-8,11-13,22,25H,9-10,14-15H2,1H3/t22-/m1/s1. The van der Waals surface area contributed by atoms with E-state index in [1.165, 1.54) is 0 Å². The molecule has 1 heterocycles. The summed E-state index contributed by atoms with van der Waals surface area (Å²) >= 11 is 0. The molecule has 5 heteroatoms. The van der Waals surface area contributed by atoms with Gasteiger partial charge in [0.05, 0.1) is 26.9 Å². The van der Waals surface area contributed by atoms with Gasteiger partial charge in [-0.2, -0.15) is 0 Å². The summed E-state index contributed by atoms with van der Waals surface area (Å²) in [6.07, 6.45) is -0.162. The van der Waals surface area contributed by atoms with E-state index in [1.807, 2.05) is 35.2 Å². The summed E-state index contributed by atoms with van der Waals surface area (Å²) in [6, 6.07) is 19.3. The van der Waals surface area contributed by atoms with Crippen LogP contribution in [0, 0.1) is 0 Å². The number of ether oxygens (including phenoxy) is 2. The maximum Gasteiger partial charge on any atom is 0.254 e. The van der Waals surface area contributed by atoms with Gasteiger partial charge in [-0.15, -0.1) is 0 Å². The van der Waals surface area contributed by atoms with E-state index < -0.39 is 0 Å². The minimum absolute atomic E-state index is 0.0332. The molecule has 3 aromatic carbocycles. The van der Waals surface area contributed by atoms with Crippen molar-refractivity contribution in [3.63, 3.8) is 0 Å². The van der Waals surface area contributed by atoms with Gasteiger partial charge < -0.3 is 19.5 Å². The van der Waals surface area contributed by atoms with Crippen molar-refractivity contribution in [2.24, 2.45) is 0 Å². The maximum atomic E-state index is 12.9. The molecule has 28 heavy (non-hydrogen) atoms. The minimum atomic E-state index is -0.162. The number of aliphatic hydroxyl groups excluding tert-OH is 1. The van der Waals surface area contributed by atoms with Crippen LogP contribution >= 0.6 is 0 Å². The van der Waals surface area contributed by atoms with Crippen LogP contribution in [-0.4, -0.2) is 42.7 Å². The van der Waals surface area contributed by atoms with Gasteiger partial charge in [-0.05, 0) is 52.2 Å². The van der Waals surface area contributed by atoms with E-state index in [0.717, 1.165) is 27.6 Å². The Hall–Kier alpha value is -2.89. The van der Waals surface area contributed by atoms with Gasteiger partial charge in [0.2, 0.25) is 0 Å². The molecule has 1 N–H and O–H groups in total. The average Bonchev–Trinajstić information content (AvgIpc) is 2.78. The van der Waals surface area contributed by atoms with E-state index in [4.69, 9.17) is 9.47 Å². The summed E-state index contributed by atoms with van der Waals surface area (Å²) < 4.78 is 11.2. The van der Waals surface area contributed by atoms with Crippen molar-refractivity contribution in [1.29, 1.82) is 0 Å². The normalized spacial score (nSPS) is 16.9. The van der Waals surface area contributed by atoms with E-state index in [-0.39, 0.29) is 18.6 Å². The lowest BCUT2D eigenvalue weighted by molar-refractivity contribution is -0.0227. The van der Waals surface area contributed by atoms with E-state index in [0.29, 0.717) is 25.3 Å². The zero-order chi connectivity index (χ0) is 19.5. The monoisotopic (exact) mass is 377 g/mol. The second kappa shape index (κ2) is 8.00. The summed E-state index contributed by atoms with van der Waals surface area (Å²) in [5, 5.41) is 11.5. The molecule has 1 aliphatic heterocycles. The Morgan fingerprint density at radius 3 is 2.79 bits per heavy atom. The number of methoxy groups -OCH3 is 1. The zero-order valence-corrected chi connectivity index (χ0v) is 15.8. The van der Waals surface area contributed by atoms with E-state index in [2.05, 4.69) is 12.1 Å². The van der Waals surface area contributed by atoms with Crippen molar-refractivity contribution < 1.29 is 19.4 Å². The van der Waals surface area contributed by atoms with Gasteiger partial charge in [0, 0.05) is 12.1 Å². The Morgan fingerprint density at radius 1 is 1.14 bits per heavy atom. The molecule has 1 fully saturated rings. The molecule has 1 saturated heterocycles. The topological polar surface area (TPSA) is 59.0 Å². The van der Waals surface area contributed by atoms with Gasteiger partial charge in [-0.25, -0.2) is 0 Å². The fourth-order valence-corrected chi connectivity index (χ4v) is 3.59. The maximum absolute atomic E-state index is 12.9. The fourth-order valence-electron chi connectivity index (χ4n) is 3.59. The summed E-state index contributed by atoms with van der Waals surface area (Å²) in [5.41, 5.74) is 2.39. The Balaban J connectivity index is 1.54. The van der Waals surface area contributed by atoms with Crippen LogP contribution in [0.15, 0.2) is 60.7 Å². The number of nitrogens with zero attached hydrogens (tertiary/aromatic N) is 1. The molecular weight excluding hydrogens is 354 g/mol. The molecule has 0 unspecified atom stereocenters. The summed E-state index contributed by atoms with van der Waals surface area (Å²) in [5.74, 6) is 0.796. The third-order valence-corrected chi connectivity index (χ3v) is 5.15. The van der Waals surface area contributed by atoms with E-state index >= 15 is 0 Å². The van der Waals surface area contributed by atoms with Crippen LogP contribution in [0.2, 0.25) is 0 Å². The van der Waals surface area contributed by atoms with Crippen LogP contribution in [0.4, 0.5) is 0 Å². The Kier molecular flexibility index (Phi) is 5.28. The van der Waals surface area contributed by atoms with E-state index in [1.54, 1.807) is 25.3 Å². The Morgan fingerprint density at radius 2 is 1.96 bits per heavy atom. The molecule has 4 rings (SSSR count). The lowest BCUT2D eigenvalue weighted by Crippen LogP contribution is -2.42. The van der Waals surface area contributed by atoms with Crippen molar-refractivity contribution in [3.8, 4) is 5.75 Å². The Labute approximate surface area is 164 Å². The van der Waals surface area contributed by atoms with Gasteiger partial charge in [-0.1, -0.05) is 30.3 Å². The Bertz CT molecular complexity index is 1000. The molecule has 3 aromatic rings. The SMILES string of the molecule is COc1ccc2cc([C@H]3CN(C(=O)c4cccc(CO)c4)CCO3)ccc2c1. The number of rotatable bonds is 4. The van der Waals surface area contributed by atoms with Crippen molar-refractivity contribution in [2.45, 2.75) is 12.7 Å². The molecular formula is C23H23NO4. The van der Waals surface area contributed by atoms with Gasteiger partial charge in [0.15, 0.2) is 0 Å². The van der Waals surface area contributed by atoms with Gasteiger partial charge in [-0.3, -0.25) is 4.79 Å². The quantitative estimate of drug-likeness (QED) is 0.755. The highest BCUT2D eigenvalue weighted by Gasteiger charge is 2.26. The lowest BCUT2D eigenvalue weighted by atomic mass is 10.0. The summed E-state index contributed by atoms with van der Waals surface area (Å²) in [7, 11) is 1.66. The molecule has 5 nitrogen and oxygen atoms in total. The number of benzene rings is 3. The predicted molar refractivity (Wildman–Crippen MR) is 107 cm³/mol. The zero-order valence-electron chi connectivity index (χ0n) is 15.8. The van der Waals surface area contributed by atoms with Crippen molar-refractivity contribution >= 4 is 16.7 Å². The predicted octanol–water partition coefficient (Wildman–Crippen LogP) is 3.55. The van der Waals surface area contributed by atoms with Crippen LogP contribution in [0.5, 0.6) is 5.75 Å².